The van der Waals surface area contributed by atoms with Crippen LogP contribution in [0.4, 0.5) is 0 Å². The van der Waals surface area contributed by atoms with E-state index in [1.165, 1.54) is 96.3 Å². The van der Waals surface area contributed by atoms with E-state index in [2.05, 4.69) is 142 Å². The van der Waals surface area contributed by atoms with Gasteiger partial charge in [0.25, 0.3) is 0 Å². The van der Waals surface area contributed by atoms with Crippen LogP contribution in [0.25, 0.3) is 0 Å². The number of rotatable bonds is 54. The Morgan fingerprint density at radius 2 is 0.527 bits per heavy atom. The van der Waals surface area contributed by atoms with Crippen molar-refractivity contribution in [2.24, 2.45) is 0 Å². The van der Waals surface area contributed by atoms with Gasteiger partial charge in [-0.15, -0.1) is 0 Å². The Bertz CT molecular complexity index is 1550. The highest BCUT2D eigenvalue weighted by molar-refractivity contribution is 5.71. The Hall–Kier alpha value is -4.19. The van der Waals surface area contributed by atoms with Gasteiger partial charge in [-0.3, -0.25) is 14.4 Å². The van der Waals surface area contributed by atoms with E-state index in [0.717, 1.165) is 135 Å². The van der Waals surface area contributed by atoms with Gasteiger partial charge in [-0.25, -0.2) is 0 Å². The lowest BCUT2D eigenvalue weighted by atomic mass is 10.1. The molecule has 1 atom stereocenters. The molecule has 0 N–H and O–H groups in total. The fourth-order valence-corrected chi connectivity index (χ4v) is 8.20. The van der Waals surface area contributed by atoms with Crippen molar-refractivity contribution in [1.29, 1.82) is 0 Å². The van der Waals surface area contributed by atoms with Crippen LogP contribution in [-0.4, -0.2) is 37.2 Å². The molecular weight excluding hydrogens is 913 g/mol. The van der Waals surface area contributed by atoms with Crippen molar-refractivity contribution >= 4 is 17.9 Å². The van der Waals surface area contributed by atoms with Crippen molar-refractivity contribution in [2.75, 3.05) is 13.2 Å². The van der Waals surface area contributed by atoms with Crippen molar-refractivity contribution < 1.29 is 28.6 Å². The molecular formula is C68H112O6. The summed E-state index contributed by atoms with van der Waals surface area (Å²) in [5.74, 6) is -0.907. The molecule has 0 aliphatic carbocycles. The Labute approximate surface area is 456 Å². The van der Waals surface area contributed by atoms with E-state index in [1.54, 1.807) is 0 Å². The number of esters is 3. The van der Waals surface area contributed by atoms with Gasteiger partial charge in [-0.05, 0) is 109 Å². The number of allylic oxidation sites excluding steroid dienone is 20. The summed E-state index contributed by atoms with van der Waals surface area (Å²) in [4.78, 5) is 38.1. The molecule has 1 unspecified atom stereocenters. The number of carbonyl (C=O) groups excluding carboxylic acids is 3. The molecule has 0 radical (unpaired) electrons. The van der Waals surface area contributed by atoms with Crippen LogP contribution in [0.5, 0.6) is 0 Å². The molecule has 0 aromatic rings. The minimum absolute atomic E-state index is 0.0857. The molecule has 6 nitrogen and oxygen atoms in total. The highest BCUT2D eigenvalue weighted by Crippen LogP contribution is 2.15. The van der Waals surface area contributed by atoms with Crippen LogP contribution < -0.4 is 0 Å². The summed E-state index contributed by atoms with van der Waals surface area (Å²) in [5.41, 5.74) is 0. The van der Waals surface area contributed by atoms with Crippen molar-refractivity contribution in [3.63, 3.8) is 0 Å². The summed E-state index contributed by atoms with van der Waals surface area (Å²) in [5, 5.41) is 0. The first-order valence-corrected chi connectivity index (χ1v) is 30.5. The summed E-state index contributed by atoms with van der Waals surface area (Å²) < 4.78 is 16.8. The Morgan fingerprint density at radius 3 is 0.824 bits per heavy atom. The highest BCUT2D eigenvalue weighted by atomic mass is 16.6. The van der Waals surface area contributed by atoms with Gasteiger partial charge < -0.3 is 14.2 Å². The molecule has 0 saturated heterocycles. The fraction of sp³-hybridized carbons (Fsp3) is 0.662. The van der Waals surface area contributed by atoms with Crippen LogP contribution in [0.2, 0.25) is 0 Å². The fourth-order valence-electron chi connectivity index (χ4n) is 8.20. The zero-order chi connectivity index (χ0) is 53.6. The largest absolute Gasteiger partial charge is 0.462 e. The van der Waals surface area contributed by atoms with E-state index in [1.807, 2.05) is 0 Å². The second-order valence-corrected chi connectivity index (χ2v) is 19.9. The van der Waals surface area contributed by atoms with Crippen molar-refractivity contribution in [1.82, 2.24) is 0 Å². The second-order valence-electron chi connectivity index (χ2n) is 19.9. The minimum Gasteiger partial charge on any atom is -0.462 e. The number of hydrogen-bond donors (Lipinski definition) is 0. The topological polar surface area (TPSA) is 78.9 Å². The molecule has 0 aromatic heterocycles. The summed E-state index contributed by atoms with van der Waals surface area (Å²) in [7, 11) is 0. The van der Waals surface area contributed by atoms with Gasteiger partial charge >= 0.3 is 17.9 Å². The summed E-state index contributed by atoms with van der Waals surface area (Å²) in [6.45, 7) is 6.37. The van der Waals surface area contributed by atoms with Gasteiger partial charge in [-0.2, -0.15) is 0 Å². The average molecular weight is 1030 g/mol. The van der Waals surface area contributed by atoms with Crippen molar-refractivity contribution in [2.45, 2.75) is 277 Å². The Balaban J connectivity index is 4.22. The highest BCUT2D eigenvalue weighted by Gasteiger charge is 2.19. The normalized spacial score (nSPS) is 13.0. The standard InChI is InChI=1S/C68H112O6/c1-4-7-10-13-16-19-21-23-25-27-29-30-31-32-33-34-35-36-37-38-40-41-43-45-47-49-52-55-58-61-67(70)73-64-65(63-72-66(69)60-57-54-51-18-15-12-9-6-3)74-68(71)62-59-56-53-50-48-46-44-42-39-28-26-24-22-20-17-14-11-8-5-2/h7-8,10-11,16-17,19-20,23-26,29-30,32-33,35-36,39,42,65H,4-6,9,12-15,18,21-22,27-28,31,34,37-38,40-41,43-64H2,1-3H3/b10-7-,11-8-,19-16-,20-17-,25-23-,26-24-,30-29-,33-32-,36-35-,42-39-. The lowest BCUT2D eigenvalue weighted by Gasteiger charge is -2.18. The Kier molecular flexibility index (Phi) is 57.9. The van der Waals surface area contributed by atoms with Crippen LogP contribution in [0.1, 0.15) is 271 Å². The third-order valence-corrected chi connectivity index (χ3v) is 12.7. The van der Waals surface area contributed by atoms with Gasteiger partial charge in [0.2, 0.25) is 0 Å². The first-order chi connectivity index (χ1) is 36.5. The van der Waals surface area contributed by atoms with Crippen molar-refractivity contribution in [3.05, 3.63) is 122 Å². The molecule has 420 valence electrons. The molecule has 0 heterocycles. The predicted molar refractivity (Wildman–Crippen MR) is 320 cm³/mol. The summed E-state index contributed by atoms with van der Waals surface area (Å²) in [6, 6.07) is 0. The summed E-state index contributed by atoms with van der Waals surface area (Å²) >= 11 is 0. The van der Waals surface area contributed by atoms with E-state index in [9.17, 15) is 14.4 Å². The number of hydrogen-bond acceptors (Lipinski definition) is 6. The maximum atomic E-state index is 12.8. The molecule has 0 aromatic carbocycles. The minimum atomic E-state index is -0.788. The van der Waals surface area contributed by atoms with Crippen molar-refractivity contribution in [3.8, 4) is 0 Å². The lowest BCUT2D eigenvalue weighted by molar-refractivity contribution is -0.167. The van der Waals surface area contributed by atoms with Crippen LogP contribution in [0, 0.1) is 0 Å². The predicted octanol–water partition coefficient (Wildman–Crippen LogP) is 20.8. The monoisotopic (exact) mass is 1020 g/mol. The molecule has 0 aliphatic heterocycles. The van der Waals surface area contributed by atoms with Crippen LogP contribution in [-0.2, 0) is 28.6 Å². The first-order valence-electron chi connectivity index (χ1n) is 30.5. The number of unbranched alkanes of at least 4 members (excludes halogenated alkanes) is 23. The number of ether oxygens (including phenoxy) is 3. The quantitative estimate of drug-likeness (QED) is 0.0261. The van der Waals surface area contributed by atoms with Crippen LogP contribution in [0.15, 0.2) is 122 Å². The number of carbonyl (C=O) groups is 3. The lowest BCUT2D eigenvalue weighted by Crippen LogP contribution is -2.30. The SMILES string of the molecule is CC/C=C\C/C=C\C/C=C\C/C=C\C/C=C\C/C=C\CCCCCCCCCCCCC(=O)OCC(COC(=O)CCCCCCCCCC)OC(=O)CCCCCCCC/C=C\C/C=C\C/C=C\C/C=C\CC. The second kappa shape index (κ2) is 61.4. The Morgan fingerprint density at radius 1 is 0.284 bits per heavy atom. The molecule has 0 fully saturated rings. The van der Waals surface area contributed by atoms with E-state index >= 15 is 0 Å². The molecule has 0 spiro atoms. The van der Waals surface area contributed by atoms with E-state index in [4.69, 9.17) is 14.2 Å². The van der Waals surface area contributed by atoms with Crippen LogP contribution in [0.3, 0.4) is 0 Å². The van der Waals surface area contributed by atoms with Gasteiger partial charge in [-0.1, -0.05) is 264 Å². The van der Waals surface area contributed by atoms with Gasteiger partial charge in [0.15, 0.2) is 6.10 Å². The zero-order valence-electron chi connectivity index (χ0n) is 48.1. The average Bonchev–Trinajstić information content (AvgIpc) is 3.40. The van der Waals surface area contributed by atoms with E-state index < -0.39 is 6.10 Å². The smallest absolute Gasteiger partial charge is 0.306 e. The third kappa shape index (κ3) is 58.7. The van der Waals surface area contributed by atoms with Gasteiger partial charge in [0, 0.05) is 19.3 Å². The third-order valence-electron chi connectivity index (χ3n) is 12.7. The molecule has 74 heavy (non-hydrogen) atoms. The zero-order valence-corrected chi connectivity index (χ0v) is 48.1. The molecule has 0 aliphatic rings. The molecule has 6 heteroatoms. The maximum Gasteiger partial charge on any atom is 0.306 e. The summed E-state index contributed by atoms with van der Waals surface area (Å²) in [6.07, 6.45) is 85.0. The van der Waals surface area contributed by atoms with Crippen LogP contribution >= 0.6 is 0 Å². The molecule has 0 amide bonds. The van der Waals surface area contributed by atoms with E-state index in [0.29, 0.717) is 19.3 Å². The molecule has 0 bridgehead atoms. The van der Waals surface area contributed by atoms with Gasteiger partial charge in [0.1, 0.15) is 13.2 Å². The van der Waals surface area contributed by atoms with E-state index in [-0.39, 0.29) is 31.1 Å². The van der Waals surface area contributed by atoms with Gasteiger partial charge in [0.05, 0.1) is 0 Å². The molecule has 0 rings (SSSR count). The first kappa shape index (κ1) is 69.8. The maximum absolute atomic E-state index is 12.8. The molecule has 0 saturated carbocycles.